The van der Waals surface area contributed by atoms with Gasteiger partial charge in [0.2, 0.25) is 0 Å². The van der Waals surface area contributed by atoms with Crippen molar-refractivity contribution in [2.75, 3.05) is 47.1 Å². The molecule has 0 saturated carbocycles. The van der Waals surface area contributed by atoms with Crippen LogP contribution >= 0.6 is 15.9 Å². The first-order valence-electron chi connectivity index (χ1n) is 5.45. The fourth-order valence-electron chi connectivity index (χ4n) is 1.20. The smallest absolute Gasteiger partial charge is 0.0600 e. The van der Waals surface area contributed by atoms with Gasteiger partial charge >= 0.3 is 0 Å². The summed E-state index contributed by atoms with van der Waals surface area (Å²) in [7, 11) is 3.82. The molecule has 0 N–H and O–H groups in total. The van der Waals surface area contributed by atoms with E-state index in [0.717, 1.165) is 32.9 Å². The van der Waals surface area contributed by atoms with E-state index in [0.29, 0.717) is 10.7 Å². The highest BCUT2D eigenvalue weighted by atomic mass is 79.9. The number of rotatable bonds is 9. The standard InChI is InChI=1S/C11H24BrNO2/c1-10(2)8-15-6-5-13(3)7-11(12)9-14-4/h10-11H,5-9H2,1-4H3. The molecule has 4 heteroatoms. The Labute approximate surface area is 102 Å². The fourth-order valence-corrected chi connectivity index (χ4v) is 1.96. The summed E-state index contributed by atoms with van der Waals surface area (Å²) >= 11 is 3.56. The Morgan fingerprint density at radius 1 is 1.27 bits per heavy atom. The van der Waals surface area contributed by atoms with Gasteiger partial charge in [-0.05, 0) is 13.0 Å². The number of hydrogen-bond donors (Lipinski definition) is 0. The number of alkyl halides is 1. The minimum Gasteiger partial charge on any atom is -0.383 e. The zero-order valence-electron chi connectivity index (χ0n) is 10.3. The number of likely N-dealkylation sites (N-methyl/N-ethyl adjacent to an activating group) is 1. The molecule has 0 aromatic heterocycles. The van der Waals surface area contributed by atoms with Crippen LogP contribution in [0.15, 0.2) is 0 Å². The molecule has 1 atom stereocenters. The molecule has 0 saturated heterocycles. The van der Waals surface area contributed by atoms with Crippen molar-refractivity contribution < 1.29 is 9.47 Å². The third-order valence-corrected chi connectivity index (χ3v) is 2.48. The largest absolute Gasteiger partial charge is 0.383 e. The summed E-state index contributed by atoms with van der Waals surface area (Å²) in [5.74, 6) is 0.618. The average molecular weight is 282 g/mol. The predicted octanol–water partition coefficient (Wildman–Crippen LogP) is 2.00. The molecule has 0 radical (unpaired) electrons. The lowest BCUT2D eigenvalue weighted by Gasteiger charge is -2.20. The predicted molar refractivity (Wildman–Crippen MR) is 67.7 cm³/mol. The minimum atomic E-state index is 0.401. The Morgan fingerprint density at radius 3 is 2.47 bits per heavy atom. The lowest BCUT2D eigenvalue weighted by atomic mass is 10.2. The summed E-state index contributed by atoms with van der Waals surface area (Å²) in [5, 5.41) is 0. The van der Waals surface area contributed by atoms with Gasteiger partial charge in [-0.1, -0.05) is 29.8 Å². The molecule has 0 aromatic rings. The average Bonchev–Trinajstić information content (AvgIpc) is 2.12. The first-order chi connectivity index (χ1) is 7.06. The monoisotopic (exact) mass is 281 g/mol. The second kappa shape index (κ2) is 9.58. The molecular formula is C11H24BrNO2. The number of methoxy groups -OCH3 is 1. The summed E-state index contributed by atoms with van der Waals surface area (Å²) in [5.41, 5.74) is 0. The lowest BCUT2D eigenvalue weighted by Crippen LogP contribution is -2.31. The molecule has 0 aliphatic carbocycles. The van der Waals surface area contributed by atoms with Gasteiger partial charge in [0.05, 0.1) is 18.0 Å². The van der Waals surface area contributed by atoms with Crippen LogP contribution in [0.25, 0.3) is 0 Å². The zero-order valence-corrected chi connectivity index (χ0v) is 11.9. The van der Waals surface area contributed by atoms with Crippen molar-refractivity contribution in [1.29, 1.82) is 0 Å². The van der Waals surface area contributed by atoms with E-state index < -0.39 is 0 Å². The molecule has 3 nitrogen and oxygen atoms in total. The van der Waals surface area contributed by atoms with Crippen molar-refractivity contribution in [1.82, 2.24) is 4.90 Å². The van der Waals surface area contributed by atoms with Crippen LogP contribution in [0.4, 0.5) is 0 Å². The third-order valence-electron chi connectivity index (χ3n) is 1.93. The highest BCUT2D eigenvalue weighted by Crippen LogP contribution is 2.02. The first kappa shape index (κ1) is 15.4. The first-order valence-corrected chi connectivity index (χ1v) is 6.37. The summed E-state index contributed by atoms with van der Waals surface area (Å²) < 4.78 is 10.6. The van der Waals surface area contributed by atoms with Crippen molar-refractivity contribution in [2.45, 2.75) is 18.7 Å². The van der Waals surface area contributed by atoms with E-state index >= 15 is 0 Å². The summed E-state index contributed by atoms with van der Waals surface area (Å²) in [6, 6.07) is 0. The Kier molecular flexibility index (Phi) is 9.81. The Morgan fingerprint density at radius 2 is 1.93 bits per heavy atom. The van der Waals surface area contributed by atoms with Crippen LogP contribution in [0, 0.1) is 5.92 Å². The van der Waals surface area contributed by atoms with E-state index in [2.05, 4.69) is 41.7 Å². The van der Waals surface area contributed by atoms with Crippen molar-refractivity contribution in [3.8, 4) is 0 Å². The Balaban J connectivity index is 3.36. The van der Waals surface area contributed by atoms with E-state index in [-0.39, 0.29) is 0 Å². The molecule has 15 heavy (non-hydrogen) atoms. The van der Waals surface area contributed by atoms with Gasteiger partial charge in [-0.25, -0.2) is 0 Å². The molecule has 0 aliphatic rings. The van der Waals surface area contributed by atoms with E-state index in [1.54, 1.807) is 7.11 Å². The topological polar surface area (TPSA) is 21.7 Å². The van der Waals surface area contributed by atoms with E-state index in [1.165, 1.54) is 0 Å². The van der Waals surface area contributed by atoms with Crippen molar-refractivity contribution in [3.05, 3.63) is 0 Å². The van der Waals surface area contributed by atoms with Gasteiger partial charge in [0.25, 0.3) is 0 Å². The number of nitrogens with zero attached hydrogens (tertiary/aromatic N) is 1. The maximum atomic E-state index is 5.52. The van der Waals surface area contributed by atoms with Crippen molar-refractivity contribution >= 4 is 15.9 Å². The van der Waals surface area contributed by atoms with Gasteiger partial charge < -0.3 is 14.4 Å². The molecule has 0 spiro atoms. The van der Waals surface area contributed by atoms with Crippen LogP contribution in [0.2, 0.25) is 0 Å². The van der Waals surface area contributed by atoms with Gasteiger partial charge in [-0.2, -0.15) is 0 Å². The van der Waals surface area contributed by atoms with Gasteiger partial charge in [-0.3, -0.25) is 0 Å². The van der Waals surface area contributed by atoms with Crippen LogP contribution < -0.4 is 0 Å². The van der Waals surface area contributed by atoms with Crippen LogP contribution in [-0.4, -0.2) is 56.8 Å². The number of halogens is 1. The van der Waals surface area contributed by atoms with Crippen LogP contribution in [-0.2, 0) is 9.47 Å². The Bertz CT molecular complexity index is 145. The Hall–Kier alpha value is 0.360. The fraction of sp³-hybridized carbons (Fsp3) is 1.00. The maximum absolute atomic E-state index is 5.52. The van der Waals surface area contributed by atoms with Gasteiger partial charge in [-0.15, -0.1) is 0 Å². The molecule has 0 fully saturated rings. The molecule has 0 rings (SSSR count). The third kappa shape index (κ3) is 10.6. The zero-order chi connectivity index (χ0) is 11.7. The van der Waals surface area contributed by atoms with E-state index in [9.17, 15) is 0 Å². The molecule has 0 aliphatic heterocycles. The summed E-state index contributed by atoms with van der Waals surface area (Å²) in [6.07, 6.45) is 0. The minimum absolute atomic E-state index is 0.401. The molecule has 1 unspecified atom stereocenters. The highest BCUT2D eigenvalue weighted by Gasteiger charge is 2.07. The number of hydrogen-bond acceptors (Lipinski definition) is 3. The lowest BCUT2D eigenvalue weighted by molar-refractivity contribution is 0.0896. The van der Waals surface area contributed by atoms with Gasteiger partial charge in [0.15, 0.2) is 0 Å². The molecule has 0 heterocycles. The van der Waals surface area contributed by atoms with Crippen LogP contribution in [0.5, 0.6) is 0 Å². The van der Waals surface area contributed by atoms with Crippen LogP contribution in [0.1, 0.15) is 13.8 Å². The SMILES string of the molecule is COCC(Br)CN(C)CCOCC(C)C. The quantitative estimate of drug-likeness (QED) is 0.477. The normalized spacial score (nSPS) is 13.8. The maximum Gasteiger partial charge on any atom is 0.0600 e. The second-order valence-corrected chi connectivity index (χ2v) is 5.58. The summed E-state index contributed by atoms with van der Waals surface area (Å²) in [6.45, 7) is 8.69. The van der Waals surface area contributed by atoms with Gasteiger partial charge in [0, 0.05) is 26.8 Å². The van der Waals surface area contributed by atoms with Crippen LogP contribution in [0.3, 0.4) is 0 Å². The molecular weight excluding hydrogens is 258 g/mol. The molecule has 0 amide bonds. The van der Waals surface area contributed by atoms with Crippen molar-refractivity contribution in [2.24, 2.45) is 5.92 Å². The number of ether oxygens (including phenoxy) is 2. The molecule has 0 aromatic carbocycles. The van der Waals surface area contributed by atoms with E-state index in [4.69, 9.17) is 9.47 Å². The second-order valence-electron chi connectivity index (χ2n) is 4.28. The van der Waals surface area contributed by atoms with Gasteiger partial charge in [0.1, 0.15) is 0 Å². The van der Waals surface area contributed by atoms with E-state index in [1.807, 2.05) is 0 Å². The van der Waals surface area contributed by atoms with Crippen molar-refractivity contribution in [3.63, 3.8) is 0 Å². The molecule has 0 bridgehead atoms. The summed E-state index contributed by atoms with van der Waals surface area (Å²) in [4.78, 5) is 2.65. The highest BCUT2D eigenvalue weighted by molar-refractivity contribution is 9.09. The molecule has 92 valence electrons.